The number of rotatable bonds is 4. The van der Waals surface area contributed by atoms with Gasteiger partial charge in [-0.2, -0.15) is 0 Å². The molecule has 0 aliphatic carbocycles. The van der Waals surface area contributed by atoms with Gasteiger partial charge in [0.1, 0.15) is 11.5 Å². The summed E-state index contributed by atoms with van der Waals surface area (Å²) >= 11 is 6.07. The van der Waals surface area contributed by atoms with Crippen molar-refractivity contribution in [2.24, 2.45) is 0 Å². The van der Waals surface area contributed by atoms with Crippen LogP contribution >= 0.6 is 11.6 Å². The van der Waals surface area contributed by atoms with E-state index < -0.39 is 0 Å². The summed E-state index contributed by atoms with van der Waals surface area (Å²) in [6, 6.07) is 7.66. The third kappa shape index (κ3) is 2.62. The van der Waals surface area contributed by atoms with Gasteiger partial charge in [-0.25, -0.2) is 0 Å². The van der Waals surface area contributed by atoms with Crippen molar-refractivity contribution in [2.75, 3.05) is 12.4 Å². The Hall–Kier alpha value is -1.61. The standard InChI is InChI=1S/C14H16ClNO2/c1-9-7-12(14(17-3)8-11(9)15)16-10(2)13-5-4-6-18-13/h4-8,10,16H,1-3H3. The van der Waals surface area contributed by atoms with E-state index in [1.807, 2.05) is 38.1 Å². The van der Waals surface area contributed by atoms with E-state index in [4.69, 9.17) is 20.8 Å². The van der Waals surface area contributed by atoms with Crippen molar-refractivity contribution in [3.8, 4) is 5.75 Å². The van der Waals surface area contributed by atoms with E-state index in [1.54, 1.807) is 13.4 Å². The van der Waals surface area contributed by atoms with Crippen LogP contribution in [-0.4, -0.2) is 7.11 Å². The number of furan rings is 1. The van der Waals surface area contributed by atoms with E-state index in [-0.39, 0.29) is 6.04 Å². The van der Waals surface area contributed by atoms with Crippen LogP contribution in [0.15, 0.2) is 34.9 Å². The SMILES string of the molecule is COc1cc(Cl)c(C)cc1NC(C)c1ccco1. The van der Waals surface area contributed by atoms with Crippen molar-refractivity contribution in [2.45, 2.75) is 19.9 Å². The van der Waals surface area contributed by atoms with Crippen LogP contribution in [0.1, 0.15) is 24.3 Å². The molecule has 0 amide bonds. The van der Waals surface area contributed by atoms with Crippen LogP contribution < -0.4 is 10.1 Å². The first-order valence-corrected chi connectivity index (χ1v) is 6.13. The molecule has 0 fully saturated rings. The summed E-state index contributed by atoms with van der Waals surface area (Å²) in [6.45, 7) is 3.99. The third-order valence-electron chi connectivity index (χ3n) is 2.82. The molecule has 0 radical (unpaired) electrons. The summed E-state index contributed by atoms with van der Waals surface area (Å²) < 4.78 is 10.7. The molecule has 1 unspecified atom stereocenters. The fraction of sp³-hybridized carbons (Fsp3) is 0.286. The first-order chi connectivity index (χ1) is 8.61. The Morgan fingerprint density at radius 1 is 1.39 bits per heavy atom. The van der Waals surface area contributed by atoms with Crippen molar-refractivity contribution >= 4 is 17.3 Å². The molecule has 2 aromatic rings. The molecule has 18 heavy (non-hydrogen) atoms. The molecule has 3 nitrogen and oxygen atoms in total. The first-order valence-electron chi connectivity index (χ1n) is 5.76. The number of ether oxygens (including phenoxy) is 1. The molecular weight excluding hydrogens is 250 g/mol. The highest BCUT2D eigenvalue weighted by Gasteiger charge is 2.12. The Morgan fingerprint density at radius 2 is 2.17 bits per heavy atom. The number of aryl methyl sites for hydroxylation is 1. The first kappa shape index (κ1) is 12.8. The largest absolute Gasteiger partial charge is 0.495 e. The van der Waals surface area contributed by atoms with Crippen molar-refractivity contribution in [1.29, 1.82) is 0 Å². The number of benzene rings is 1. The topological polar surface area (TPSA) is 34.4 Å². The predicted molar refractivity (Wildman–Crippen MR) is 73.5 cm³/mol. The molecular formula is C14H16ClNO2. The number of methoxy groups -OCH3 is 1. The monoisotopic (exact) mass is 265 g/mol. The Kier molecular flexibility index (Phi) is 3.82. The lowest BCUT2D eigenvalue weighted by Gasteiger charge is -2.17. The Bertz CT molecular complexity index is 523. The fourth-order valence-electron chi connectivity index (χ4n) is 1.79. The van der Waals surface area contributed by atoms with E-state index in [0.29, 0.717) is 5.02 Å². The maximum atomic E-state index is 6.07. The van der Waals surface area contributed by atoms with E-state index in [0.717, 1.165) is 22.8 Å². The van der Waals surface area contributed by atoms with E-state index in [2.05, 4.69) is 5.32 Å². The molecule has 96 valence electrons. The molecule has 1 atom stereocenters. The molecule has 0 aliphatic heterocycles. The second-order valence-electron chi connectivity index (χ2n) is 4.18. The Labute approximate surface area is 112 Å². The van der Waals surface area contributed by atoms with Gasteiger partial charge in [-0.1, -0.05) is 11.6 Å². The summed E-state index contributed by atoms with van der Waals surface area (Å²) in [4.78, 5) is 0. The number of hydrogen-bond donors (Lipinski definition) is 1. The summed E-state index contributed by atoms with van der Waals surface area (Å²) in [5.41, 5.74) is 1.91. The van der Waals surface area contributed by atoms with Crippen LogP contribution in [0.3, 0.4) is 0 Å². The second-order valence-corrected chi connectivity index (χ2v) is 4.59. The molecule has 1 N–H and O–H groups in total. The van der Waals surface area contributed by atoms with Gasteiger partial charge in [0.15, 0.2) is 0 Å². The summed E-state index contributed by atoms with van der Waals surface area (Å²) in [7, 11) is 1.63. The normalized spacial score (nSPS) is 12.2. The summed E-state index contributed by atoms with van der Waals surface area (Å²) in [5, 5.41) is 4.05. The van der Waals surface area contributed by atoms with E-state index >= 15 is 0 Å². The summed E-state index contributed by atoms with van der Waals surface area (Å²) in [5.74, 6) is 1.61. The molecule has 0 saturated carbocycles. The molecule has 1 aromatic carbocycles. The van der Waals surface area contributed by atoms with Gasteiger partial charge in [-0.3, -0.25) is 0 Å². The van der Waals surface area contributed by atoms with Gasteiger partial charge >= 0.3 is 0 Å². The minimum atomic E-state index is 0.0643. The molecule has 0 spiro atoms. The summed E-state index contributed by atoms with van der Waals surface area (Å²) in [6.07, 6.45) is 1.66. The fourth-order valence-corrected chi connectivity index (χ4v) is 1.94. The van der Waals surface area contributed by atoms with Gasteiger partial charge in [0.25, 0.3) is 0 Å². The van der Waals surface area contributed by atoms with Crippen LogP contribution in [0.2, 0.25) is 5.02 Å². The van der Waals surface area contributed by atoms with Gasteiger partial charge in [0.05, 0.1) is 25.1 Å². The van der Waals surface area contributed by atoms with Crippen LogP contribution in [0.5, 0.6) is 5.75 Å². The molecule has 1 aromatic heterocycles. The number of nitrogens with one attached hydrogen (secondary N) is 1. The zero-order valence-corrected chi connectivity index (χ0v) is 11.4. The van der Waals surface area contributed by atoms with E-state index in [9.17, 15) is 0 Å². The Morgan fingerprint density at radius 3 is 2.78 bits per heavy atom. The molecule has 0 saturated heterocycles. The van der Waals surface area contributed by atoms with Gasteiger partial charge in [-0.15, -0.1) is 0 Å². The maximum absolute atomic E-state index is 6.07. The molecule has 0 aliphatic rings. The molecule has 2 rings (SSSR count). The molecule has 1 heterocycles. The smallest absolute Gasteiger partial charge is 0.143 e. The van der Waals surface area contributed by atoms with Crippen LogP contribution in [0.4, 0.5) is 5.69 Å². The minimum Gasteiger partial charge on any atom is -0.495 e. The number of anilines is 1. The quantitative estimate of drug-likeness (QED) is 0.888. The van der Waals surface area contributed by atoms with Crippen LogP contribution in [-0.2, 0) is 0 Å². The second kappa shape index (κ2) is 5.36. The van der Waals surface area contributed by atoms with Crippen molar-refractivity contribution in [3.63, 3.8) is 0 Å². The van der Waals surface area contributed by atoms with Crippen LogP contribution in [0.25, 0.3) is 0 Å². The number of hydrogen-bond acceptors (Lipinski definition) is 3. The highest BCUT2D eigenvalue weighted by Crippen LogP contribution is 2.33. The van der Waals surface area contributed by atoms with Crippen molar-refractivity contribution in [3.05, 3.63) is 46.9 Å². The zero-order chi connectivity index (χ0) is 13.1. The number of halogens is 1. The maximum Gasteiger partial charge on any atom is 0.143 e. The predicted octanol–water partition coefficient (Wildman–Crippen LogP) is 4.42. The lowest BCUT2D eigenvalue weighted by atomic mass is 10.1. The molecule has 0 bridgehead atoms. The van der Waals surface area contributed by atoms with Crippen LogP contribution in [0, 0.1) is 6.92 Å². The Balaban J connectivity index is 2.25. The van der Waals surface area contributed by atoms with Gasteiger partial charge in [0, 0.05) is 11.1 Å². The lowest BCUT2D eigenvalue weighted by Crippen LogP contribution is -2.07. The average Bonchev–Trinajstić information content (AvgIpc) is 2.87. The molecule has 4 heteroatoms. The lowest BCUT2D eigenvalue weighted by molar-refractivity contribution is 0.415. The third-order valence-corrected chi connectivity index (χ3v) is 3.23. The highest BCUT2D eigenvalue weighted by atomic mass is 35.5. The highest BCUT2D eigenvalue weighted by molar-refractivity contribution is 6.31. The average molecular weight is 266 g/mol. The van der Waals surface area contributed by atoms with E-state index in [1.165, 1.54) is 0 Å². The minimum absolute atomic E-state index is 0.0643. The van der Waals surface area contributed by atoms with Gasteiger partial charge < -0.3 is 14.5 Å². The zero-order valence-electron chi connectivity index (χ0n) is 10.7. The van der Waals surface area contributed by atoms with Gasteiger partial charge in [0.2, 0.25) is 0 Å². The van der Waals surface area contributed by atoms with Gasteiger partial charge in [-0.05, 0) is 37.6 Å². The van der Waals surface area contributed by atoms with Crippen molar-refractivity contribution in [1.82, 2.24) is 0 Å². The van der Waals surface area contributed by atoms with Crippen molar-refractivity contribution < 1.29 is 9.15 Å².